The van der Waals surface area contributed by atoms with Crippen LogP contribution in [0.15, 0.2) is 42.5 Å². The fourth-order valence-corrected chi connectivity index (χ4v) is 5.94. The van der Waals surface area contributed by atoms with Gasteiger partial charge >= 0.3 is 6.18 Å². The first-order valence-electron chi connectivity index (χ1n) is 12.1. The van der Waals surface area contributed by atoms with E-state index in [0.29, 0.717) is 12.0 Å². The molecule has 0 spiro atoms. The Kier molecular flexibility index (Phi) is 7.06. The molecule has 0 radical (unpaired) electrons. The van der Waals surface area contributed by atoms with E-state index in [1.807, 2.05) is 17.0 Å². The predicted octanol–water partition coefficient (Wildman–Crippen LogP) is 6.01. The second kappa shape index (κ2) is 9.64. The highest BCUT2D eigenvalue weighted by Crippen LogP contribution is 2.42. The van der Waals surface area contributed by atoms with Gasteiger partial charge in [0, 0.05) is 17.4 Å². The molecule has 2 saturated heterocycles. The minimum Gasteiger partial charge on any atom is -0.328 e. The minimum atomic E-state index is -4.72. The van der Waals surface area contributed by atoms with Gasteiger partial charge in [0.1, 0.15) is 5.54 Å². The molecule has 0 bridgehead atoms. The van der Waals surface area contributed by atoms with Crippen LogP contribution >= 0.6 is 12.6 Å². The van der Waals surface area contributed by atoms with E-state index in [-0.39, 0.29) is 11.6 Å². The van der Waals surface area contributed by atoms with Gasteiger partial charge in [-0.1, -0.05) is 12.1 Å². The molecule has 2 fully saturated rings. The number of nitriles is 1. The number of anilines is 2. The number of carbonyl (C=O) groups is 1. The van der Waals surface area contributed by atoms with Crippen LogP contribution < -0.4 is 9.80 Å². The van der Waals surface area contributed by atoms with Crippen molar-refractivity contribution in [1.82, 2.24) is 4.90 Å². The Morgan fingerprint density at radius 2 is 1.64 bits per heavy atom. The van der Waals surface area contributed by atoms with E-state index in [0.717, 1.165) is 43.8 Å². The Labute approximate surface area is 215 Å². The summed E-state index contributed by atoms with van der Waals surface area (Å²) in [5.41, 5.74) is -1.34. The van der Waals surface area contributed by atoms with E-state index in [1.54, 1.807) is 19.9 Å². The van der Waals surface area contributed by atoms with Crippen molar-refractivity contribution in [2.45, 2.75) is 69.7 Å². The molecule has 2 heterocycles. The van der Waals surface area contributed by atoms with E-state index in [2.05, 4.69) is 43.5 Å². The summed E-state index contributed by atoms with van der Waals surface area (Å²) in [6.07, 6.45) is -2.53. The normalized spacial score (nSPS) is 21.3. The average molecular weight is 517 g/mol. The van der Waals surface area contributed by atoms with Crippen LogP contribution in [0.4, 0.5) is 24.5 Å². The van der Waals surface area contributed by atoms with Gasteiger partial charge < -0.3 is 9.80 Å². The molecule has 2 aliphatic rings. The average Bonchev–Trinajstić information content (AvgIpc) is 3.01. The number of likely N-dealkylation sites (tertiary alicyclic amines) is 1. The lowest BCUT2D eigenvalue weighted by atomic mass is 9.89. The molecule has 1 amide bonds. The van der Waals surface area contributed by atoms with E-state index in [4.69, 9.17) is 5.26 Å². The number of amides is 1. The number of carbonyl (C=O) groups excluding carboxylic acids is 1. The standard InChI is InChI=1S/C27H31F3N4OS/c1-17(2)32-13-11-19(12-14-32)18-5-8-21(9-6-18)34-25(36)33(24(35)26(34,3)4)22-10-7-20(16-31)23(15-22)27(28,29)30/h5-10,15,17,19,25,36H,11-14H2,1-4H3. The van der Waals surface area contributed by atoms with Gasteiger partial charge in [0.15, 0.2) is 5.50 Å². The molecule has 2 aromatic rings. The molecule has 2 aliphatic heterocycles. The highest BCUT2D eigenvalue weighted by atomic mass is 32.1. The van der Waals surface area contributed by atoms with Crippen molar-refractivity contribution in [3.8, 4) is 6.07 Å². The Balaban J connectivity index is 1.60. The van der Waals surface area contributed by atoms with Crippen LogP contribution in [-0.4, -0.2) is 41.0 Å². The second-order valence-electron chi connectivity index (χ2n) is 10.3. The van der Waals surface area contributed by atoms with Gasteiger partial charge in [-0.25, -0.2) is 0 Å². The molecular formula is C27H31F3N4OS. The SMILES string of the molecule is CC(C)N1CCC(c2ccc(N3C(S)N(c4ccc(C#N)c(C(F)(F)F)c4)C(=O)C3(C)C)cc2)CC1. The second-order valence-corrected chi connectivity index (χ2v) is 10.7. The van der Waals surface area contributed by atoms with Gasteiger partial charge in [-0.15, -0.1) is 12.6 Å². The molecule has 192 valence electrons. The number of piperidine rings is 1. The summed E-state index contributed by atoms with van der Waals surface area (Å²) in [5.74, 6) is 0.107. The molecule has 0 aliphatic carbocycles. The van der Waals surface area contributed by atoms with Crippen molar-refractivity contribution < 1.29 is 18.0 Å². The Morgan fingerprint density at radius 1 is 1.06 bits per heavy atom. The molecule has 36 heavy (non-hydrogen) atoms. The maximum atomic E-state index is 13.6. The van der Waals surface area contributed by atoms with E-state index in [1.165, 1.54) is 16.5 Å². The van der Waals surface area contributed by atoms with E-state index >= 15 is 0 Å². The number of alkyl halides is 3. The van der Waals surface area contributed by atoms with Crippen LogP contribution in [0.3, 0.4) is 0 Å². The quantitative estimate of drug-likeness (QED) is 0.506. The number of hydrogen-bond acceptors (Lipinski definition) is 5. The number of halogens is 3. The Hall–Kier alpha value is -2.70. The van der Waals surface area contributed by atoms with Crippen LogP contribution in [-0.2, 0) is 11.0 Å². The zero-order valence-electron chi connectivity index (χ0n) is 20.9. The lowest BCUT2D eigenvalue weighted by Crippen LogP contribution is -2.44. The third-order valence-corrected chi connectivity index (χ3v) is 7.88. The number of hydrogen-bond donors (Lipinski definition) is 1. The molecule has 2 aromatic carbocycles. The smallest absolute Gasteiger partial charge is 0.328 e. The van der Waals surface area contributed by atoms with Crippen LogP contribution in [0, 0.1) is 11.3 Å². The van der Waals surface area contributed by atoms with Crippen LogP contribution in [0.5, 0.6) is 0 Å². The summed E-state index contributed by atoms with van der Waals surface area (Å²) in [5, 5.41) is 9.11. The fourth-order valence-electron chi connectivity index (χ4n) is 5.28. The molecule has 1 atom stereocenters. The topological polar surface area (TPSA) is 50.6 Å². The molecule has 5 nitrogen and oxygen atoms in total. The summed E-state index contributed by atoms with van der Waals surface area (Å²) < 4.78 is 40.7. The summed E-state index contributed by atoms with van der Waals surface area (Å²) in [4.78, 5) is 19.0. The molecular weight excluding hydrogens is 485 g/mol. The molecule has 4 rings (SSSR count). The number of nitrogens with zero attached hydrogens (tertiary/aromatic N) is 4. The first-order valence-corrected chi connectivity index (χ1v) is 12.6. The molecule has 1 unspecified atom stereocenters. The van der Waals surface area contributed by atoms with E-state index in [9.17, 15) is 18.0 Å². The minimum absolute atomic E-state index is 0.0513. The maximum absolute atomic E-state index is 13.6. The van der Waals surface area contributed by atoms with Crippen molar-refractivity contribution >= 4 is 29.9 Å². The van der Waals surface area contributed by atoms with Gasteiger partial charge in [0.2, 0.25) is 0 Å². The van der Waals surface area contributed by atoms with Gasteiger partial charge in [-0.05, 0) is 95.4 Å². The first kappa shape index (κ1) is 26.4. The summed E-state index contributed by atoms with van der Waals surface area (Å²) in [7, 11) is 0. The largest absolute Gasteiger partial charge is 0.417 e. The molecule has 9 heteroatoms. The third kappa shape index (κ3) is 4.69. The summed E-state index contributed by atoms with van der Waals surface area (Å²) in [6, 6.07) is 13.5. The van der Waals surface area contributed by atoms with E-state index < -0.39 is 28.3 Å². The molecule has 0 aromatic heterocycles. The number of benzene rings is 2. The van der Waals surface area contributed by atoms with Crippen LogP contribution in [0.1, 0.15) is 63.1 Å². The molecule has 0 N–H and O–H groups in total. The number of rotatable bonds is 4. The van der Waals surface area contributed by atoms with Gasteiger partial charge in [0.05, 0.1) is 17.2 Å². The lowest BCUT2D eigenvalue weighted by Gasteiger charge is -2.35. The van der Waals surface area contributed by atoms with Crippen molar-refractivity contribution in [1.29, 1.82) is 5.26 Å². The first-order chi connectivity index (χ1) is 16.9. The van der Waals surface area contributed by atoms with Crippen molar-refractivity contribution in [3.63, 3.8) is 0 Å². The summed E-state index contributed by atoms with van der Waals surface area (Å²) >= 11 is 4.67. The predicted molar refractivity (Wildman–Crippen MR) is 138 cm³/mol. The zero-order valence-corrected chi connectivity index (χ0v) is 21.8. The Morgan fingerprint density at radius 3 is 2.17 bits per heavy atom. The van der Waals surface area contributed by atoms with Crippen LogP contribution in [0.2, 0.25) is 0 Å². The van der Waals surface area contributed by atoms with Crippen molar-refractivity contribution in [2.75, 3.05) is 22.9 Å². The maximum Gasteiger partial charge on any atom is 0.417 e. The number of thiol groups is 1. The zero-order chi connectivity index (χ0) is 26.4. The highest BCUT2D eigenvalue weighted by molar-refractivity contribution is 7.81. The monoisotopic (exact) mass is 516 g/mol. The van der Waals surface area contributed by atoms with Crippen molar-refractivity contribution in [3.05, 3.63) is 59.2 Å². The fraction of sp³-hybridized carbons (Fsp3) is 0.481. The lowest BCUT2D eigenvalue weighted by molar-refractivity contribution is -0.137. The summed E-state index contributed by atoms with van der Waals surface area (Å²) in [6.45, 7) is 10.0. The van der Waals surface area contributed by atoms with Crippen LogP contribution in [0.25, 0.3) is 0 Å². The Bertz CT molecular complexity index is 1170. The van der Waals surface area contributed by atoms with Gasteiger partial charge in [-0.2, -0.15) is 18.4 Å². The molecule has 0 saturated carbocycles. The van der Waals surface area contributed by atoms with Gasteiger partial charge in [0.25, 0.3) is 5.91 Å². The van der Waals surface area contributed by atoms with Gasteiger partial charge in [-0.3, -0.25) is 9.69 Å². The van der Waals surface area contributed by atoms with Crippen molar-refractivity contribution in [2.24, 2.45) is 0 Å². The highest BCUT2D eigenvalue weighted by Gasteiger charge is 2.51. The third-order valence-electron chi connectivity index (χ3n) is 7.42.